The average molecular weight is 252 g/mol. The second-order valence-corrected chi connectivity index (χ2v) is 8.18. The maximum Gasteiger partial charge on any atom is 0.147 e. The first-order valence-electron chi connectivity index (χ1n) is 7.31. The highest BCUT2D eigenvalue weighted by Crippen LogP contribution is 2.80. The maximum atomic E-state index is 10.7. The minimum Gasteiger partial charge on any atom is -0.393 e. The normalized spacial score (nSPS) is 63.5. The first-order valence-corrected chi connectivity index (χ1v) is 7.31. The number of epoxide rings is 1. The molecule has 1 spiro atoms. The van der Waals surface area contributed by atoms with E-state index in [4.69, 9.17) is 4.74 Å². The highest BCUT2D eigenvalue weighted by atomic mass is 16.7. The van der Waals surface area contributed by atoms with Crippen molar-refractivity contribution < 1.29 is 14.9 Å². The summed E-state index contributed by atoms with van der Waals surface area (Å²) in [4.78, 5) is 0. The standard InChI is InChI=1S/C15H24O3/c1-12(2)6-9-10(7-12)13(3)4-5-15(13)14(8-16,18-15)11(9)17/h9-11,16-17H,4-8H2,1-3H3. The molecule has 0 aromatic rings. The zero-order chi connectivity index (χ0) is 13.0. The molecule has 0 radical (unpaired) electrons. The molecule has 1 heterocycles. The summed E-state index contributed by atoms with van der Waals surface area (Å²) in [5.41, 5.74) is -0.311. The molecule has 1 aliphatic heterocycles. The third kappa shape index (κ3) is 0.918. The van der Waals surface area contributed by atoms with Crippen LogP contribution >= 0.6 is 0 Å². The van der Waals surface area contributed by atoms with E-state index in [0.717, 1.165) is 12.8 Å². The van der Waals surface area contributed by atoms with E-state index in [2.05, 4.69) is 20.8 Å². The van der Waals surface area contributed by atoms with Crippen molar-refractivity contribution in [3.63, 3.8) is 0 Å². The van der Waals surface area contributed by atoms with E-state index >= 15 is 0 Å². The number of aliphatic hydroxyl groups excluding tert-OH is 2. The van der Waals surface area contributed by atoms with Crippen molar-refractivity contribution in [3.8, 4) is 0 Å². The second kappa shape index (κ2) is 2.82. The van der Waals surface area contributed by atoms with Crippen LogP contribution in [0.4, 0.5) is 0 Å². The molecule has 3 nitrogen and oxygen atoms in total. The Balaban J connectivity index is 1.79. The Morgan fingerprint density at radius 3 is 2.44 bits per heavy atom. The van der Waals surface area contributed by atoms with Gasteiger partial charge >= 0.3 is 0 Å². The van der Waals surface area contributed by atoms with Gasteiger partial charge in [-0.15, -0.1) is 0 Å². The Hall–Kier alpha value is -0.120. The Morgan fingerprint density at radius 2 is 1.89 bits per heavy atom. The predicted octanol–water partition coefficient (Wildman–Crippen LogP) is 1.71. The molecule has 3 aliphatic carbocycles. The van der Waals surface area contributed by atoms with Gasteiger partial charge in [0.2, 0.25) is 0 Å². The lowest BCUT2D eigenvalue weighted by molar-refractivity contribution is -0.116. The summed E-state index contributed by atoms with van der Waals surface area (Å²) in [6, 6.07) is 0. The van der Waals surface area contributed by atoms with Crippen LogP contribution in [0.5, 0.6) is 0 Å². The smallest absolute Gasteiger partial charge is 0.147 e. The highest BCUT2D eigenvalue weighted by Gasteiger charge is 2.89. The number of hydrogen-bond donors (Lipinski definition) is 2. The molecule has 0 amide bonds. The Morgan fingerprint density at radius 1 is 1.17 bits per heavy atom. The van der Waals surface area contributed by atoms with Gasteiger partial charge in [-0.05, 0) is 42.9 Å². The van der Waals surface area contributed by atoms with Crippen molar-refractivity contribution in [3.05, 3.63) is 0 Å². The summed E-state index contributed by atoms with van der Waals surface area (Å²) >= 11 is 0. The van der Waals surface area contributed by atoms with Crippen molar-refractivity contribution in [2.24, 2.45) is 22.7 Å². The molecule has 102 valence electrons. The summed E-state index contributed by atoms with van der Waals surface area (Å²) in [7, 11) is 0. The Bertz CT molecular complexity index is 414. The fraction of sp³-hybridized carbons (Fsp3) is 1.00. The molecule has 6 unspecified atom stereocenters. The molecule has 0 aromatic heterocycles. The van der Waals surface area contributed by atoms with Crippen LogP contribution < -0.4 is 0 Å². The molecular weight excluding hydrogens is 228 g/mol. The summed E-state index contributed by atoms with van der Waals surface area (Å²) in [5.74, 6) is 0.881. The van der Waals surface area contributed by atoms with Crippen LogP contribution in [0.2, 0.25) is 0 Å². The van der Waals surface area contributed by atoms with Crippen LogP contribution in [-0.2, 0) is 4.74 Å². The van der Waals surface area contributed by atoms with Gasteiger partial charge < -0.3 is 14.9 Å². The molecule has 0 aromatic carbocycles. The van der Waals surface area contributed by atoms with Crippen LogP contribution in [-0.4, -0.2) is 34.1 Å². The van der Waals surface area contributed by atoms with Crippen LogP contribution in [0, 0.1) is 22.7 Å². The van der Waals surface area contributed by atoms with Crippen molar-refractivity contribution >= 4 is 0 Å². The number of rotatable bonds is 1. The van der Waals surface area contributed by atoms with E-state index in [0.29, 0.717) is 17.3 Å². The van der Waals surface area contributed by atoms with Crippen molar-refractivity contribution in [2.45, 2.75) is 63.8 Å². The van der Waals surface area contributed by atoms with Gasteiger partial charge in [-0.25, -0.2) is 0 Å². The molecule has 6 atom stereocenters. The molecule has 2 N–H and O–H groups in total. The first kappa shape index (κ1) is 11.7. The van der Waals surface area contributed by atoms with Crippen molar-refractivity contribution in [1.82, 2.24) is 0 Å². The third-order valence-corrected chi connectivity index (χ3v) is 6.93. The van der Waals surface area contributed by atoms with E-state index in [1.165, 1.54) is 12.8 Å². The van der Waals surface area contributed by atoms with Crippen LogP contribution in [0.1, 0.15) is 46.5 Å². The average Bonchev–Trinajstić information content (AvgIpc) is 2.94. The van der Waals surface area contributed by atoms with Gasteiger partial charge in [-0.1, -0.05) is 20.8 Å². The molecule has 4 fully saturated rings. The summed E-state index contributed by atoms with van der Waals surface area (Å²) in [6.45, 7) is 6.93. The van der Waals surface area contributed by atoms with Gasteiger partial charge in [-0.3, -0.25) is 0 Å². The number of hydrogen-bond acceptors (Lipinski definition) is 3. The quantitative estimate of drug-likeness (QED) is 0.699. The molecule has 1 saturated heterocycles. The fourth-order valence-electron chi connectivity index (χ4n) is 5.92. The van der Waals surface area contributed by atoms with Crippen LogP contribution in [0.15, 0.2) is 0 Å². The van der Waals surface area contributed by atoms with E-state index in [1.807, 2.05) is 0 Å². The molecule has 0 bridgehead atoms. The van der Waals surface area contributed by atoms with E-state index in [1.54, 1.807) is 0 Å². The Kier molecular flexibility index (Phi) is 1.83. The van der Waals surface area contributed by atoms with Crippen molar-refractivity contribution in [1.29, 1.82) is 0 Å². The highest BCUT2D eigenvalue weighted by molar-refractivity contribution is 5.36. The largest absolute Gasteiger partial charge is 0.393 e. The lowest BCUT2D eigenvalue weighted by atomic mass is 9.44. The molecule has 3 saturated carbocycles. The fourth-order valence-corrected chi connectivity index (χ4v) is 5.92. The van der Waals surface area contributed by atoms with Crippen molar-refractivity contribution in [2.75, 3.05) is 6.61 Å². The topological polar surface area (TPSA) is 53.0 Å². The van der Waals surface area contributed by atoms with Gasteiger partial charge in [-0.2, -0.15) is 0 Å². The summed E-state index contributed by atoms with van der Waals surface area (Å²) in [5, 5.41) is 20.5. The number of fused-ring (bicyclic) bond motifs is 2. The molecule has 3 heteroatoms. The van der Waals surface area contributed by atoms with Crippen LogP contribution in [0.25, 0.3) is 0 Å². The lowest BCUT2D eigenvalue weighted by Gasteiger charge is -2.57. The number of aliphatic hydroxyl groups is 2. The Labute approximate surface area is 109 Å². The van der Waals surface area contributed by atoms with E-state index in [9.17, 15) is 10.2 Å². The molecule has 4 rings (SSSR count). The predicted molar refractivity (Wildman–Crippen MR) is 67.0 cm³/mol. The van der Waals surface area contributed by atoms with E-state index < -0.39 is 11.7 Å². The molecule has 4 aliphatic rings. The molecular formula is C15H24O3. The zero-order valence-corrected chi connectivity index (χ0v) is 11.6. The minimum absolute atomic E-state index is 0.0204. The number of ether oxygens (including phenoxy) is 1. The first-order chi connectivity index (χ1) is 8.32. The van der Waals surface area contributed by atoms with Gasteiger partial charge in [0.05, 0.1) is 12.7 Å². The van der Waals surface area contributed by atoms with Gasteiger partial charge in [0, 0.05) is 5.41 Å². The van der Waals surface area contributed by atoms with E-state index in [-0.39, 0.29) is 17.6 Å². The minimum atomic E-state index is -0.623. The summed E-state index contributed by atoms with van der Waals surface area (Å²) in [6.07, 6.45) is 4.00. The monoisotopic (exact) mass is 252 g/mol. The van der Waals surface area contributed by atoms with Crippen LogP contribution in [0.3, 0.4) is 0 Å². The van der Waals surface area contributed by atoms with Gasteiger partial charge in [0.25, 0.3) is 0 Å². The second-order valence-electron chi connectivity index (χ2n) is 8.18. The zero-order valence-electron chi connectivity index (χ0n) is 11.6. The molecule has 18 heavy (non-hydrogen) atoms. The third-order valence-electron chi connectivity index (χ3n) is 6.93. The van der Waals surface area contributed by atoms with Gasteiger partial charge in [0.15, 0.2) is 0 Å². The van der Waals surface area contributed by atoms with Gasteiger partial charge in [0.1, 0.15) is 11.2 Å². The summed E-state index contributed by atoms with van der Waals surface area (Å²) < 4.78 is 6.02. The SMILES string of the molecule is CC1(C)CC2C(C1)C1(C)CCC13OC3(CO)C2O. The maximum absolute atomic E-state index is 10.7. The lowest BCUT2D eigenvalue weighted by Crippen LogP contribution is -2.65.